The molecular weight excluding hydrogens is 314 g/mol. The maximum atomic E-state index is 12.0. The van der Waals surface area contributed by atoms with Crippen molar-refractivity contribution in [3.05, 3.63) is 22.9 Å². The minimum Gasteiger partial charge on any atom is -0.481 e. The summed E-state index contributed by atoms with van der Waals surface area (Å²) in [4.78, 5) is 28.2. The van der Waals surface area contributed by atoms with E-state index in [9.17, 15) is 9.59 Å². The molecule has 1 aromatic heterocycles. The molecule has 1 atom stereocenters. The van der Waals surface area contributed by atoms with E-state index in [0.717, 1.165) is 10.9 Å². The zero-order valence-electron chi connectivity index (χ0n) is 10.2. The lowest BCUT2D eigenvalue weighted by atomic mass is 10.1. The van der Waals surface area contributed by atoms with Crippen molar-refractivity contribution in [3.8, 4) is 0 Å². The van der Waals surface area contributed by atoms with Crippen molar-refractivity contribution >= 4 is 33.6 Å². The summed E-state index contributed by atoms with van der Waals surface area (Å²) < 4.78 is 0.787. The molecule has 102 valence electrons. The maximum Gasteiger partial charge on any atom is 0.321 e. The number of hydrogen-bond acceptors (Lipinski definition) is 3. The highest BCUT2D eigenvalue weighted by Gasteiger charge is 2.27. The Kier molecular flexibility index (Phi) is 4.36. The summed E-state index contributed by atoms with van der Waals surface area (Å²) in [6.45, 7) is 1.07. The Morgan fingerprint density at radius 1 is 1.53 bits per heavy atom. The van der Waals surface area contributed by atoms with E-state index in [1.165, 1.54) is 0 Å². The fourth-order valence-corrected chi connectivity index (χ4v) is 2.48. The van der Waals surface area contributed by atoms with E-state index in [1.807, 2.05) is 0 Å². The summed E-state index contributed by atoms with van der Waals surface area (Å²) in [5.74, 6) is -0.771. The van der Waals surface area contributed by atoms with Gasteiger partial charge in [0.25, 0.3) is 0 Å². The number of urea groups is 1. The van der Waals surface area contributed by atoms with E-state index < -0.39 is 5.97 Å². The molecule has 19 heavy (non-hydrogen) atoms. The van der Waals surface area contributed by atoms with Crippen molar-refractivity contribution < 1.29 is 14.7 Å². The molecule has 0 aromatic carbocycles. The molecule has 1 unspecified atom stereocenters. The maximum absolute atomic E-state index is 12.0. The third-order valence-electron chi connectivity index (χ3n) is 2.99. The molecule has 0 bridgehead atoms. The van der Waals surface area contributed by atoms with Crippen LogP contribution < -0.4 is 5.32 Å². The quantitative estimate of drug-likeness (QED) is 0.891. The normalized spacial score (nSPS) is 18.4. The number of hydrogen-bond donors (Lipinski definition) is 2. The van der Waals surface area contributed by atoms with Gasteiger partial charge in [0.1, 0.15) is 0 Å². The number of pyridine rings is 1. The average molecular weight is 328 g/mol. The Morgan fingerprint density at radius 2 is 2.32 bits per heavy atom. The van der Waals surface area contributed by atoms with Gasteiger partial charge < -0.3 is 15.3 Å². The molecule has 6 nitrogen and oxygen atoms in total. The van der Waals surface area contributed by atoms with Crippen molar-refractivity contribution in [1.29, 1.82) is 0 Å². The highest BCUT2D eigenvalue weighted by atomic mass is 79.9. The highest BCUT2D eigenvalue weighted by Crippen LogP contribution is 2.21. The Bertz CT molecular complexity index is 495. The summed E-state index contributed by atoms with van der Waals surface area (Å²) >= 11 is 3.28. The summed E-state index contributed by atoms with van der Waals surface area (Å²) in [5.41, 5.74) is 0.612. The first-order valence-corrected chi connectivity index (χ1v) is 6.72. The van der Waals surface area contributed by atoms with Crippen LogP contribution in [0, 0.1) is 5.92 Å². The fraction of sp³-hybridized carbons (Fsp3) is 0.417. The second-order valence-corrected chi connectivity index (χ2v) is 5.44. The molecule has 2 rings (SSSR count). The molecule has 0 spiro atoms. The minimum absolute atomic E-state index is 0.0453. The highest BCUT2D eigenvalue weighted by molar-refractivity contribution is 9.10. The number of carboxylic acid groups (broad SMARTS) is 1. The van der Waals surface area contributed by atoms with E-state index in [2.05, 4.69) is 26.2 Å². The lowest BCUT2D eigenvalue weighted by Crippen LogP contribution is -2.33. The topological polar surface area (TPSA) is 82.5 Å². The number of likely N-dealkylation sites (tertiary alicyclic amines) is 1. The molecule has 1 aliphatic rings. The number of anilines is 1. The van der Waals surface area contributed by atoms with Gasteiger partial charge in [0.15, 0.2) is 0 Å². The number of carbonyl (C=O) groups excluding carboxylic acids is 1. The number of aromatic nitrogens is 1. The zero-order chi connectivity index (χ0) is 13.8. The second-order valence-electron chi connectivity index (χ2n) is 4.52. The first-order chi connectivity index (χ1) is 9.04. The van der Waals surface area contributed by atoms with Crippen LogP contribution in [0.4, 0.5) is 10.5 Å². The van der Waals surface area contributed by atoms with Gasteiger partial charge in [0.2, 0.25) is 0 Å². The monoisotopic (exact) mass is 327 g/mol. The average Bonchev–Trinajstić information content (AvgIpc) is 2.76. The largest absolute Gasteiger partial charge is 0.481 e. The molecule has 0 radical (unpaired) electrons. The van der Waals surface area contributed by atoms with E-state index in [1.54, 1.807) is 23.4 Å². The minimum atomic E-state index is -0.816. The first kappa shape index (κ1) is 13.8. The van der Waals surface area contributed by atoms with Crippen LogP contribution in [0.3, 0.4) is 0 Å². The van der Waals surface area contributed by atoms with Crippen molar-refractivity contribution in [3.63, 3.8) is 0 Å². The second kappa shape index (κ2) is 6.01. The third-order valence-corrected chi connectivity index (χ3v) is 3.43. The zero-order valence-corrected chi connectivity index (χ0v) is 11.8. The molecule has 2 N–H and O–H groups in total. The van der Waals surface area contributed by atoms with Gasteiger partial charge in [-0.2, -0.15) is 0 Å². The number of rotatable bonds is 3. The van der Waals surface area contributed by atoms with Crippen LogP contribution in [0.15, 0.2) is 22.9 Å². The summed E-state index contributed by atoms with van der Waals surface area (Å²) in [6.07, 6.45) is 4.04. The molecule has 1 saturated heterocycles. The molecule has 1 aromatic rings. The van der Waals surface area contributed by atoms with Crippen LogP contribution in [0.5, 0.6) is 0 Å². The molecule has 2 heterocycles. The summed E-state index contributed by atoms with van der Waals surface area (Å²) in [7, 11) is 0. The van der Waals surface area contributed by atoms with E-state index in [0.29, 0.717) is 18.8 Å². The summed E-state index contributed by atoms with van der Waals surface area (Å²) in [6, 6.07) is 1.54. The summed E-state index contributed by atoms with van der Waals surface area (Å²) in [5, 5.41) is 11.5. The smallest absolute Gasteiger partial charge is 0.321 e. The molecule has 2 amide bonds. The number of aliphatic carboxylic acids is 1. The van der Waals surface area contributed by atoms with E-state index >= 15 is 0 Å². The van der Waals surface area contributed by atoms with Gasteiger partial charge in [-0.15, -0.1) is 0 Å². The standard InChI is InChI=1S/C12H14BrN3O3/c13-9-4-10(6-14-5-9)15-12(19)16-2-1-8(7-16)3-11(17)18/h4-6,8H,1-3,7H2,(H,15,19)(H,17,18). The molecule has 1 aliphatic heterocycles. The lowest BCUT2D eigenvalue weighted by Gasteiger charge is -2.17. The molecule has 0 saturated carbocycles. The van der Waals surface area contributed by atoms with Gasteiger partial charge >= 0.3 is 12.0 Å². The van der Waals surface area contributed by atoms with E-state index in [4.69, 9.17) is 5.11 Å². The van der Waals surface area contributed by atoms with Gasteiger partial charge in [-0.3, -0.25) is 9.78 Å². The Balaban J connectivity index is 1.89. The fourth-order valence-electron chi connectivity index (χ4n) is 2.11. The van der Waals surface area contributed by atoms with Crippen LogP contribution in [0.25, 0.3) is 0 Å². The van der Waals surface area contributed by atoms with Crippen LogP contribution in [0.2, 0.25) is 0 Å². The number of nitrogens with zero attached hydrogens (tertiary/aromatic N) is 2. The van der Waals surface area contributed by atoms with E-state index in [-0.39, 0.29) is 18.4 Å². The van der Waals surface area contributed by atoms with Gasteiger partial charge in [-0.1, -0.05) is 0 Å². The van der Waals surface area contributed by atoms with Crippen molar-refractivity contribution in [2.24, 2.45) is 5.92 Å². The Morgan fingerprint density at radius 3 is 3.00 bits per heavy atom. The van der Waals surface area contributed by atoms with Crippen molar-refractivity contribution in [2.75, 3.05) is 18.4 Å². The Hall–Kier alpha value is -1.63. The van der Waals surface area contributed by atoms with Gasteiger partial charge in [0, 0.05) is 30.2 Å². The van der Waals surface area contributed by atoms with Gasteiger partial charge in [-0.25, -0.2) is 4.79 Å². The number of carbonyl (C=O) groups is 2. The molecular formula is C12H14BrN3O3. The van der Waals surface area contributed by atoms with Crippen LogP contribution in [-0.2, 0) is 4.79 Å². The van der Waals surface area contributed by atoms with Gasteiger partial charge in [-0.05, 0) is 34.3 Å². The molecule has 1 fully saturated rings. The molecule has 0 aliphatic carbocycles. The van der Waals surface area contributed by atoms with Crippen molar-refractivity contribution in [1.82, 2.24) is 9.88 Å². The number of carboxylic acids is 1. The predicted octanol–water partition coefficient (Wildman–Crippen LogP) is 2.17. The van der Waals surface area contributed by atoms with Crippen LogP contribution in [-0.4, -0.2) is 40.1 Å². The third kappa shape index (κ3) is 3.92. The number of nitrogens with one attached hydrogen (secondary N) is 1. The van der Waals surface area contributed by atoms with Gasteiger partial charge in [0.05, 0.1) is 11.9 Å². The number of amides is 2. The lowest BCUT2D eigenvalue weighted by molar-refractivity contribution is -0.138. The van der Waals surface area contributed by atoms with Crippen LogP contribution in [0.1, 0.15) is 12.8 Å². The SMILES string of the molecule is O=C(O)CC1CCN(C(=O)Nc2cncc(Br)c2)C1. The number of halogens is 1. The van der Waals surface area contributed by atoms with Crippen LogP contribution >= 0.6 is 15.9 Å². The molecule has 7 heteroatoms. The van der Waals surface area contributed by atoms with Crippen molar-refractivity contribution in [2.45, 2.75) is 12.8 Å². The first-order valence-electron chi connectivity index (χ1n) is 5.93. The Labute approximate surface area is 118 Å². The predicted molar refractivity (Wildman–Crippen MR) is 72.9 cm³/mol.